The number of amides is 1. The number of thiazole rings is 1. The number of aryl methyl sites for hydroxylation is 1. The van der Waals surface area contributed by atoms with Gasteiger partial charge in [0.05, 0.1) is 11.6 Å². The molecule has 0 atom stereocenters. The average molecular weight is 277 g/mol. The monoisotopic (exact) mass is 277 g/mol. The number of benzene rings is 1. The van der Waals surface area contributed by atoms with Crippen molar-refractivity contribution >= 4 is 22.9 Å². The molecule has 100 valence electrons. The highest BCUT2D eigenvalue weighted by Gasteiger charge is 2.04. The van der Waals surface area contributed by atoms with Gasteiger partial charge in [-0.2, -0.15) is 0 Å². The van der Waals surface area contributed by atoms with Crippen LogP contribution in [-0.4, -0.2) is 17.5 Å². The van der Waals surface area contributed by atoms with Gasteiger partial charge in [0.15, 0.2) is 6.61 Å². The Morgan fingerprint density at radius 3 is 2.79 bits per heavy atom. The second-order valence-electron chi connectivity index (χ2n) is 3.98. The molecule has 0 saturated carbocycles. The van der Waals surface area contributed by atoms with Crippen molar-refractivity contribution in [3.8, 4) is 5.75 Å². The van der Waals surface area contributed by atoms with Crippen molar-refractivity contribution in [2.45, 2.75) is 13.5 Å². The van der Waals surface area contributed by atoms with E-state index in [1.165, 1.54) is 0 Å². The summed E-state index contributed by atoms with van der Waals surface area (Å²) in [5.41, 5.74) is 6.22. The van der Waals surface area contributed by atoms with E-state index in [1.54, 1.807) is 41.8 Å². The van der Waals surface area contributed by atoms with Crippen LogP contribution < -0.4 is 15.8 Å². The molecule has 1 amide bonds. The first kappa shape index (κ1) is 13.4. The van der Waals surface area contributed by atoms with Crippen LogP contribution in [0.3, 0.4) is 0 Å². The molecular weight excluding hydrogens is 262 g/mol. The number of ether oxygens (including phenoxy) is 1. The van der Waals surface area contributed by atoms with E-state index in [0.717, 1.165) is 9.88 Å². The van der Waals surface area contributed by atoms with Gasteiger partial charge in [0, 0.05) is 16.8 Å². The summed E-state index contributed by atoms with van der Waals surface area (Å²) in [5, 5.41) is 3.76. The third-order valence-corrected chi connectivity index (χ3v) is 3.29. The lowest BCUT2D eigenvalue weighted by molar-refractivity contribution is -0.123. The highest BCUT2D eigenvalue weighted by atomic mass is 32.1. The lowest BCUT2D eigenvalue weighted by atomic mass is 10.3. The van der Waals surface area contributed by atoms with Gasteiger partial charge < -0.3 is 15.8 Å². The van der Waals surface area contributed by atoms with Crippen LogP contribution in [-0.2, 0) is 11.3 Å². The number of rotatable bonds is 5. The summed E-state index contributed by atoms with van der Waals surface area (Å²) in [4.78, 5) is 16.7. The number of carbonyl (C=O) groups is 1. The van der Waals surface area contributed by atoms with Gasteiger partial charge in [-0.25, -0.2) is 4.98 Å². The van der Waals surface area contributed by atoms with Crippen molar-refractivity contribution in [2.24, 2.45) is 0 Å². The maximum atomic E-state index is 11.6. The number of carbonyl (C=O) groups excluding carboxylic acids is 1. The molecule has 5 nitrogen and oxygen atoms in total. The molecule has 1 aromatic carbocycles. The zero-order valence-electron chi connectivity index (χ0n) is 10.6. The van der Waals surface area contributed by atoms with Crippen molar-refractivity contribution in [2.75, 3.05) is 12.3 Å². The molecular formula is C13H15N3O2S. The van der Waals surface area contributed by atoms with Gasteiger partial charge in [-0.15, -0.1) is 11.3 Å². The number of nitrogens with zero attached hydrogens (tertiary/aromatic N) is 1. The summed E-state index contributed by atoms with van der Waals surface area (Å²) in [7, 11) is 0. The minimum Gasteiger partial charge on any atom is -0.484 e. The van der Waals surface area contributed by atoms with Crippen LogP contribution in [0.2, 0.25) is 0 Å². The van der Waals surface area contributed by atoms with Crippen LogP contribution in [0.15, 0.2) is 30.5 Å². The van der Waals surface area contributed by atoms with E-state index in [-0.39, 0.29) is 12.5 Å². The number of hydrogen-bond donors (Lipinski definition) is 2. The Labute approximate surface area is 115 Å². The van der Waals surface area contributed by atoms with Gasteiger partial charge in [-0.1, -0.05) is 0 Å². The first-order valence-corrected chi connectivity index (χ1v) is 6.61. The summed E-state index contributed by atoms with van der Waals surface area (Å²) < 4.78 is 5.34. The van der Waals surface area contributed by atoms with E-state index in [9.17, 15) is 4.79 Å². The molecule has 0 radical (unpaired) electrons. The van der Waals surface area contributed by atoms with Gasteiger partial charge in [0.25, 0.3) is 5.91 Å². The number of nitrogens with one attached hydrogen (secondary N) is 1. The van der Waals surface area contributed by atoms with E-state index < -0.39 is 0 Å². The second-order valence-corrected chi connectivity index (χ2v) is 5.30. The molecule has 0 aliphatic carbocycles. The largest absolute Gasteiger partial charge is 0.484 e. The van der Waals surface area contributed by atoms with Crippen LogP contribution in [0.1, 0.15) is 9.88 Å². The van der Waals surface area contributed by atoms with E-state index >= 15 is 0 Å². The van der Waals surface area contributed by atoms with Gasteiger partial charge >= 0.3 is 0 Å². The lowest BCUT2D eigenvalue weighted by Crippen LogP contribution is -2.28. The van der Waals surface area contributed by atoms with Gasteiger partial charge in [0.1, 0.15) is 5.75 Å². The molecule has 6 heteroatoms. The normalized spacial score (nSPS) is 10.2. The molecule has 1 aromatic heterocycles. The van der Waals surface area contributed by atoms with Crippen molar-refractivity contribution < 1.29 is 9.53 Å². The average Bonchev–Trinajstić information content (AvgIpc) is 2.81. The molecule has 1 heterocycles. The summed E-state index contributed by atoms with van der Waals surface area (Å²) in [6.07, 6.45) is 1.76. The quantitative estimate of drug-likeness (QED) is 0.816. The highest BCUT2D eigenvalue weighted by molar-refractivity contribution is 7.11. The Balaban J connectivity index is 1.74. The molecule has 19 heavy (non-hydrogen) atoms. The Bertz CT molecular complexity index is 551. The van der Waals surface area contributed by atoms with E-state index in [2.05, 4.69) is 10.3 Å². The van der Waals surface area contributed by atoms with Crippen LogP contribution in [0.4, 0.5) is 5.69 Å². The number of aromatic nitrogens is 1. The summed E-state index contributed by atoms with van der Waals surface area (Å²) in [5.74, 6) is 0.459. The zero-order chi connectivity index (χ0) is 13.7. The number of nitrogen functional groups attached to an aromatic ring is 1. The number of anilines is 1. The van der Waals surface area contributed by atoms with Crippen molar-refractivity contribution in [1.82, 2.24) is 10.3 Å². The van der Waals surface area contributed by atoms with Gasteiger partial charge in [-0.3, -0.25) is 4.79 Å². The standard InChI is InChI=1S/C13H15N3O2S/c1-9-15-6-12(19-9)7-16-13(17)8-18-11-4-2-10(14)3-5-11/h2-6H,7-8,14H2,1H3,(H,16,17). The number of hydrogen-bond acceptors (Lipinski definition) is 5. The number of nitrogens with two attached hydrogens (primary N) is 1. The zero-order valence-corrected chi connectivity index (χ0v) is 11.4. The van der Waals surface area contributed by atoms with Crippen molar-refractivity contribution in [1.29, 1.82) is 0 Å². The third-order valence-electron chi connectivity index (χ3n) is 2.38. The predicted octanol–water partition coefficient (Wildman–Crippen LogP) is 1.73. The minimum atomic E-state index is -0.164. The molecule has 0 fully saturated rings. The Hall–Kier alpha value is -2.08. The molecule has 0 spiro atoms. The predicted molar refractivity (Wildman–Crippen MR) is 75.0 cm³/mol. The van der Waals surface area contributed by atoms with E-state index in [1.807, 2.05) is 6.92 Å². The fourth-order valence-electron chi connectivity index (χ4n) is 1.44. The summed E-state index contributed by atoms with van der Waals surface area (Å²) in [6.45, 7) is 2.40. The maximum Gasteiger partial charge on any atom is 0.258 e. The Kier molecular flexibility index (Phi) is 4.35. The van der Waals surface area contributed by atoms with E-state index in [0.29, 0.717) is 18.0 Å². The first-order valence-electron chi connectivity index (χ1n) is 5.80. The molecule has 0 bridgehead atoms. The van der Waals surface area contributed by atoms with E-state index in [4.69, 9.17) is 10.5 Å². The molecule has 0 aliphatic rings. The topological polar surface area (TPSA) is 77.2 Å². The Morgan fingerprint density at radius 1 is 1.42 bits per heavy atom. The Morgan fingerprint density at radius 2 is 2.16 bits per heavy atom. The maximum absolute atomic E-state index is 11.6. The van der Waals surface area contributed by atoms with Gasteiger partial charge in [0.2, 0.25) is 0 Å². The molecule has 2 rings (SSSR count). The second kappa shape index (κ2) is 6.19. The third kappa shape index (κ3) is 4.26. The van der Waals surface area contributed by atoms with Crippen molar-refractivity contribution in [3.05, 3.63) is 40.3 Å². The molecule has 2 aromatic rings. The molecule has 3 N–H and O–H groups in total. The highest BCUT2D eigenvalue weighted by Crippen LogP contribution is 2.13. The van der Waals surface area contributed by atoms with Crippen LogP contribution >= 0.6 is 11.3 Å². The van der Waals surface area contributed by atoms with Gasteiger partial charge in [-0.05, 0) is 31.2 Å². The smallest absolute Gasteiger partial charge is 0.258 e. The van der Waals surface area contributed by atoms with Crippen LogP contribution in [0.25, 0.3) is 0 Å². The minimum absolute atomic E-state index is 0.0122. The molecule has 0 unspecified atom stereocenters. The summed E-state index contributed by atoms with van der Waals surface area (Å²) >= 11 is 1.57. The lowest BCUT2D eigenvalue weighted by Gasteiger charge is -2.06. The fraction of sp³-hybridized carbons (Fsp3) is 0.231. The molecule has 0 aliphatic heterocycles. The fourth-order valence-corrected chi connectivity index (χ4v) is 2.17. The first-order chi connectivity index (χ1) is 9.13. The van der Waals surface area contributed by atoms with Crippen LogP contribution in [0, 0.1) is 6.92 Å². The summed E-state index contributed by atoms with van der Waals surface area (Å²) in [6, 6.07) is 6.92. The van der Waals surface area contributed by atoms with Crippen molar-refractivity contribution in [3.63, 3.8) is 0 Å². The van der Waals surface area contributed by atoms with Crippen LogP contribution in [0.5, 0.6) is 5.75 Å². The SMILES string of the molecule is Cc1ncc(CNC(=O)COc2ccc(N)cc2)s1. The molecule has 0 saturated heterocycles.